The van der Waals surface area contributed by atoms with E-state index in [2.05, 4.69) is 22.2 Å². The molecule has 15 heavy (non-hydrogen) atoms. The van der Waals surface area contributed by atoms with Gasteiger partial charge in [-0.15, -0.1) is 0 Å². The number of nitrogens with two attached hydrogens (primary N) is 1. The number of nitrogens with one attached hydrogen (secondary N) is 1. The molecule has 2 atom stereocenters. The largest absolute Gasteiger partial charge is 0.383 e. The summed E-state index contributed by atoms with van der Waals surface area (Å²) < 4.78 is 4.93. The molecule has 2 unspecified atom stereocenters. The van der Waals surface area contributed by atoms with E-state index >= 15 is 0 Å². The number of guanidine groups is 1. The highest BCUT2D eigenvalue weighted by Gasteiger charge is 2.33. The van der Waals surface area contributed by atoms with Crippen LogP contribution in [-0.4, -0.2) is 44.7 Å². The highest BCUT2D eigenvalue weighted by molar-refractivity contribution is 5.79. The zero-order valence-corrected chi connectivity index (χ0v) is 9.86. The lowest BCUT2D eigenvalue weighted by molar-refractivity contribution is 0.207. The standard InChI is InChI=1S/C10H22N4O/c1-8-6-9(8)7-14(2)10(13-11)12-4-5-15-3/h8-9H,4-7,11H2,1-3H3,(H,12,13). The Bertz CT molecular complexity index is 219. The fourth-order valence-corrected chi connectivity index (χ4v) is 1.61. The van der Waals surface area contributed by atoms with Crippen molar-refractivity contribution in [3.63, 3.8) is 0 Å². The van der Waals surface area contributed by atoms with E-state index in [9.17, 15) is 0 Å². The molecule has 0 spiro atoms. The predicted molar refractivity (Wildman–Crippen MR) is 61.4 cm³/mol. The maximum atomic E-state index is 5.42. The summed E-state index contributed by atoms with van der Waals surface area (Å²) in [7, 11) is 3.68. The summed E-state index contributed by atoms with van der Waals surface area (Å²) in [4.78, 5) is 6.39. The molecule has 5 nitrogen and oxygen atoms in total. The zero-order chi connectivity index (χ0) is 11.3. The second-order valence-corrected chi connectivity index (χ2v) is 4.20. The number of hydrogen-bond acceptors (Lipinski definition) is 3. The molecule has 1 saturated carbocycles. The van der Waals surface area contributed by atoms with E-state index in [4.69, 9.17) is 10.6 Å². The summed E-state index contributed by atoms with van der Waals surface area (Å²) in [5.41, 5.74) is 2.63. The maximum Gasteiger partial charge on any atom is 0.208 e. The number of hydrazine groups is 1. The minimum atomic E-state index is 0.624. The summed E-state index contributed by atoms with van der Waals surface area (Å²) >= 11 is 0. The van der Waals surface area contributed by atoms with Crippen LogP contribution in [0.15, 0.2) is 4.99 Å². The van der Waals surface area contributed by atoms with Crippen LogP contribution >= 0.6 is 0 Å². The second kappa shape index (κ2) is 5.92. The number of methoxy groups -OCH3 is 1. The van der Waals surface area contributed by atoms with Crippen molar-refractivity contribution in [2.24, 2.45) is 22.7 Å². The predicted octanol–water partition coefficient (Wildman–Crippen LogP) is 0.0399. The Hall–Kier alpha value is -0.810. The van der Waals surface area contributed by atoms with Gasteiger partial charge in [0.25, 0.3) is 0 Å². The third kappa shape index (κ3) is 4.05. The van der Waals surface area contributed by atoms with Crippen molar-refractivity contribution in [2.75, 3.05) is 33.9 Å². The van der Waals surface area contributed by atoms with Crippen molar-refractivity contribution >= 4 is 5.96 Å². The molecule has 0 amide bonds. The second-order valence-electron chi connectivity index (χ2n) is 4.20. The van der Waals surface area contributed by atoms with E-state index in [1.807, 2.05) is 7.05 Å². The lowest BCUT2D eigenvalue weighted by atomic mass is 10.3. The third-order valence-corrected chi connectivity index (χ3v) is 2.83. The molecule has 5 heteroatoms. The zero-order valence-electron chi connectivity index (χ0n) is 9.86. The Labute approximate surface area is 91.6 Å². The number of aliphatic imine (C=N–C) groups is 1. The SMILES string of the molecule is COCCN=C(NN)N(C)CC1CC1C. The topological polar surface area (TPSA) is 62.9 Å². The van der Waals surface area contributed by atoms with Gasteiger partial charge in [0.1, 0.15) is 0 Å². The van der Waals surface area contributed by atoms with Crippen LogP contribution in [0.2, 0.25) is 0 Å². The van der Waals surface area contributed by atoms with Crippen LogP contribution in [0.4, 0.5) is 0 Å². The first kappa shape index (κ1) is 12.3. The van der Waals surface area contributed by atoms with Crippen molar-refractivity contribution in [1.82, 2.24) is 10.3 Å². The number of ether oxygens (including phenoxy) is 1. The molecule has 1 aliphatic rings. The van der Waals surface area contributed by atoms with Gasteiger partial charge in [-0.2, -0.15) is 0 Å². The van der Waals surface area contributed by atoms with E-state index in [1.165, 1.54) is 6.42 Å². The van der Waals surface area contributed by atoms with Crippen molar-refractivity contribution in [3.8, 4) is 0 Å². The van der Waals surface area contributed by atoms with Crippen LogP contribution in [0.5, 0.6) is 0 Å². The smallest absolute Gasteiger partial charge is 0.208 e. The molecule has 1 fully saturated rings. The van der Waals surface area contributed by atoms with Crippen molar-refractivity contribution in [1.29, 1.82) is 0 Å². The average Bonchev–Trinajstić information content (AvgIpc) is 2.89. The first-order valence-electron chi connectivity index (χ1n) is 5.40. The van der Waals surface area contributed by atoms with Crippen molar-refractivity contribution in [3.05, 3.63) is 0 Å². The van der Waals surface area contributed by atoms with E-state index in [0.29, 0.717) is 13.2 Å². The molecule has 0 aliphatic heterocycles. The number of rotatable bonds is 5. The minimum Gasteiger partial charge on any atom is -0.383 e. The fourth-order valence-electron chi connectivity index (χ4n) is 1.61. The minimum absolute atomic E-state index is 0.624. The third-order valence-electron chi connectivity index (χ3n) is 2.83. The molecule has 3 N–H and O–H groups in total. The summed E-state index contributed by atoms with van der Waals surface area (Å²) in [6, 6.07) is 0. The molecule has 0 bridgehead atoms. The number of hydrogen-bond donors (Lipinski definition) is 2. The maximum absolute atomic E-state index is 5.42. The highest BCUT2D eigenvalue weighted by Crippen LogP contribution is 2.37. The molecule has 1 rings (SSSR count). The highest BCUT2D eigenvalue weighted by atomic mass is 16.5. The van der Waals surface area contributed by atoms with E-state index in [1.54, 1.807) is 7.11 Å². The van der Waals surface area contributed by atoms with Gasteiger partial charge in [0, 0.05) is 20.7 Å². The Balaban J connectivity index is 2.31. The summed E-state index contributed by atoms with van der Waals surface area (Å²) in [5, 5.41) is 0. The van der Waals surface area contributed by atoms with Gasteiger partial charge in [-0.05, 0) is 18.3 Å². The molecular weight excluding hydrogens is 192 g/mol. The van der Waals surface area contributed by atoms with Crippen LogP contribution in [0.3, 0.4) is 0 Å². The van der Waals surface area contributed by atoms with Crippen LogP contribution < -0.4 is 11.3 Å². The lowest BCUT2D eigenvalue weighted by Gasteiger charge is -2.20. The first-order chi connectivity index (χ1) is 7.19. The van der Waals surface area contributed by atoms with Crippen molar-refractivity contribution in [2.45, 2.75) is 13.3 Å². The molecule has 88 valence electrons. The Kier molecular flexibility index (Phi) is 4.84. The van der Waals surface area contributed by atoms with Gasteiger partial charge in [0.2, 0.25) is 5.96 Å². The van der Waals surface area contributed by atoms with Gasteiger partial charge in [0.05, 0.1) is 13.2 Å². The monoisotopic (exact) mass is 214 g/mol. The van der Waals surface area contributed by atoms with Gasteiger partial charge in [-0.3, -0.25) is 5.43 Å². The lowest BCUT2D eigenvalue weighted by Crippen LogP contribution is -2.43. The molecule has 0 saturated heterocycles. The molecular formula is C10H22N4O. The van der Waals surface area contributed by atoms with E-state index in [0.717, 1.165) is 24.3 Å². The first-order valence-corrected chi connectivity index (χ1v) is 5.40. The van der Waals surface area contributed by atoms with Gasteiger partial charge >= 0.3 is 0 Å². The Morgan fingerprint density at radius 3 is 2.80 bits per heavy atom. The summed E-state index contributed by atoms with van der Waals surface area (Å²) in [5.74, 6) is 7.82. The van der Waals surface area contributed by atoms with Gasteiger partial charge in [0.15, 0.2) is 0 Å². The quantitative estimate of drug-likeness (QED) is 0.223. The Morgan fingerprint density at radius 1 is 1.67 bits per heavy atom. The molecule has 1 aliphatic carbocycles. The van der Waals surface area contributed by atoms with Gasteiger partial charge in [-0.1, -0.05) is 6.92 Å². The Morgan fingerprint density at radius 2 is 2.33 bits per heavy atom. The van der Waals surface area contributed by atoms with Gasteiger partial charge in [-0.25, -0.2) is 10.8 Å². The van der Waals surface area contributed by atoms with E-state index in [-0.39, 0.29) is 0 Å². The average molecular weight is 214 g/mol. The molecule has 0 heterocycles. The molecule has 0 aromatic heterocycles. The summed E-state index contributed by atoms with van der Waals surface area (Å²) in [6.07, 6.45) is 1.32. The van der Waals surface area contributed by atoms with Crippen LogP contribution in [0.1, 0.15) is 13.3 Å². The van der Waals surface area contributed by atoms with Crippen LogP contribution in [0.25, 0.3) is 0 Å². The molecule has 0 aromatic carbocycles. The fraction of sp³-hybridized carbons (Fsp3) is 0.900. The van der Waals surface area contributed by atoms with Crippen LogP contribution in [0, 0.1) is 11.8 Å². The van der Waals surface area contributed by atoms with E-state index < -0.39 is 0 Å². The normalized spacial score (nSPS) is 25.2. The number of nitrogens with zero attached hydrogens (tertiary/aromatic N) is 2. The van der Waals surface area contributed by atoms with Gasteiger partial charge < -0.3 is 9.64 Å². The summed E-state index contributed by atoms with van der Waals surface area (Å²) in [6.45, 7) is 4.56. The van der Waals surface area contributed by atoms with Crippen LogP contribution in [-0.2, 0) is 4.74 Å². The molecule has 0 radical (unpaired) electrons. The molecule has 0 aromatic rings. The van der Waals surface area contributed by atoms with Crippen molar-refractivity contribution < 1.29 is 4.74 Å².